The normalized spacial score (nSPS) is 19.6. The third kappa shape index (κ3) is 6.55. The first kappa shape index (κ1) is 28.9. The van der Waals surface area contributed by atoms with E-state index in [0.717, 1.165) is 10.1 Å². The van der Waals surface area contributed by atoms with Gasteiger partial charge in [-0.05, 0) is 29.7 Å². The van der Waals surface area contributed by atoms with E-state index in [2.05, 4.69) is 16.8 Å². The van der Waals surface area contributed by atoms with Gasteiger partial charge in [0.15, 0.2) is 0 Å². The van der Waals surface area contributed by atoms with Gasteiger partial charge >= 0.3 is 5.69 Å². The molecule has 11 nitrogen and oxygen atoms in total. The van der Waals surface area contributed by atoms with E-state index in [1.54, 1.807) is 12.1 Å². The minimum Gasteiger partial charge on any atom is -0.394 e. The van der Waals surface area contributed by atoms with E-state index in [0.29, 0.717) is 11.1 Å². The number of hydrogen-bond donors (Lipinski definition) is 3. The topological polar surface area (TPSA) is 157 Å². The summed E-state index contributed by atoms with van der Waals surface area (Å²) in [5, 5.41) is 31.5. The average Bonchev–Trinajstić information content (AvgIpc) is 3.29. The second-order valence-electron chi connectivity index (χ2n) is 10.6. The highest BCUT2D eigenvalue weighted by Gasteiger charge is 2.36. The van der Waals surface area contributed by atoms with Crippen LogP contribution in [0.1, 0.15) is 61.8 Å². The van der Waals surface area contributed by atoms with Crippen LogP contribution in [0.2, 0.25) is 0 Å². The van der Waals surface area contributed by atoms with Gasteiger partial charge in [0, 0.05) is 29.8 Å². The number of aromatic nitrogens is 2. The van der Waals surface area contributed by atoms with E-state index in [4.69, 9.17) is 9.47 Å². The first-order valence-corrected chi connectivity index (χ1v) is 12.7. The summed E-state index contributed by atoms with van der Waals surface area (Å²) in [6.45, 7) is 4.90. The largest absolute Gasteiger partial charge is 0.394 e. The van der Waals surface area contributed by atoms with Crippen LogP contribution in [0.25, 0.3) is 0 Å². The molecule has 1 unspecified atom stereocenters. The van der Waals surface area contributed by atoms with Crippen molar-refractivity contribution >= 4 is 5.69 Å². The minimum absolute atomic E-state index is 0.0494. The Morgan fingerprint density at radius 1 is 1.18 bits per heavy atom. The van der Waals surface area contributed by atoms with Gasteiger partial charge in [-0.2, -0.15) is 0 Å². The van der Waals surface area contributed by atoms with Crippen LogP contribution in [0.4, 0.5) is 5.69 Å². The second-order valence-corrected chi connectivity index (χ2v) is 10.6. The Kier molecular flexibility index (Phi) is 8.66. The third-order valence-corrected chi connectivity index (χ3v) is 6.56. The molecule has 3 aromatic rings. The molecule has 1 aromatic heterocycles. The predicted octanol–water partition coefficient (Wildman–Crippen LogP) is 2.79. The van der Waals surface area contributed by atoms with Gasteiger partial charge in [0.25, 0.3) is 11.2 Å². The van der Waals surface area contributed by atoms with Crippen molar-refractivity contribution in [3.8, 4) is 11.8 Å². The SMILES string of the molecule is CC(C)(C)C(OCc1cn([C@H]2C[C@H](O)[C@@H](CO)O2)c(=O)[nH]c1=O)c1ccc(C#Cc2ccccc2)cc1[N+](=O)[O-]. The number of ether oxygens (including phenoxy) is 2. The summed E-state index contributed by atoms with van der Waals surface area (Å²) in [4.78, 5) is 38.9. The molecule has 0 saturated carbocycles. The van der Waals surface area contributed by atoms with Gasteiger partial charge in [-0.3, -0.25) is 24.5 Å². The van der Waals surface area contributed by atoms with Crippen LogP contribution >= 0.6 is 0 Å². The maximum atomic E-state index is 12.6. The summed E-state index contributed by atoms with van der Waals surface area (Å²) in [6.07, 6.45) is -2.18. The maximum Gasteiger partial charge on any atom is 0.330 e. The fourth-order valence-corrected chi connectivity index (χ4v) is 4.54. The summed E-state index contributed by atoms with van der Waals surface area (Å²) in [5.74, 6) is 5.95. The number of aliphatic hydroxyl groups excluding tert-OH is 2. The zero-order valence-electron chi connectivity index (χ0n) is 22.4. The molecule has 0 spiro atoms. The summed E-state index contributed by atoms with van der Waals surface area (Å²) in [7, 11) is 0. The van der Waals surface area contributed by atoms with E-state index >= 15 is 0 Å². The quantitative estimate of drug-likeness (QED) is 0.231. The van der Waals surface area contributed by atoms with Crippen LogP contribution < -0.4 is 11.2 Å². The molecule has 40 heavy (non-hydrogen) atoms. The molecule has 1 aliphatic heterocycles. The molecule has 2 heterocycles. The second kappa shape index (κ2) is 12.0. The van der Waals surface area contributed by atoms with Crippen molar-refractivity contribution in [1.82, 2.24) is 9.55 Å². The third-order valence-electron chi connectivity index (χ3n) is 6.56. The molecule has 0 bridgehead atoms. The highest BCUT2D eigenvalue weighted by atomic mass is 16.6. The summed E-state index contributed by atoms with van der Waals surface area (Å²) in [5.41, 5.74) is -0.533. The zero-order chi connectivity index (χ0) is 29.0. The average molecular weight is 550 g/mol. The molecule has 1 saturated heterocycles. The van der Waals surface area contributed by atoms with Crippen LogP contribution in [-0.2, 0) is 16.1 Å². The van der Waals surface area contributed by atoms with Gasteiger partial charge in [-0.25, -0.2) is 4.79 Å². The molecule has 11 heteroatoms. The number of aliphatic hydroxyl groups is 2. The molecule has 210 valence electrons. The molecular formula is C29H31N3O8. The van der Waals surface area contributed by atoms with Gasteiger partial charge < -0.3 is 19.7 Å². The first-order valence-electron chi connectivity index (χ1n) is 12.7. The molecular weight excluding hydrogens is 518 g/mol. The highest BCUT2D eigenvalue weighted by Crippen LogP contribution is 2.41. The number of nitro benzene ring substituents is 1. The molecule has 2 aromatic carbocycles. The number of hydrogen-bond acceptors (Lipinski definition) is 8. The number of H-pyrrole nitrogens is 1. The van der Waals surface area contributed by atoms with Crippen molar-refractivity contribution < 1.29 is 24.6 Å². The van der Waals surface area contributed by atoms with Crippen molar-refractivity contribution in [2.24, 2.45) is 5.41 Å². The highest BCUT2D eigenvalue weighted by molar-refractivity contribution is 5.52. The number of rotatable bonds is 7. The van der Waals surface area contributed by atoms with Gasteiger partial charge in [0.2, 0.25) is 0 Å². The standard InChI is InChI=1S/C29H31N3O8/c1-29(2,3)26(21-12-11-19(13-22(21)32(37)38)10-9-18-7-5-4-6-8-18)39-17-20-15-31(28(36)30-27(20)35)25-14-23(34)24(16-33)40-25/h4-8,11-13,15,23-26,33-34H,14,16-17H2,1-3H3,(H,30,35,36)/t23-,24+,25+,26?/m0/s1. The Hall–Kier alpha value is -4.08. The van der Waals surface area contributed by atoms with Crippen LogP contribution in [0.3, 0.4) is 0 Å². The monoisotopic (exact) mass is 549 g/mol. The number of nitrogens with one attached hydrogen (secondary N) is 1. The van der Waals surface area contributed by atoms with E-state index in [1.807, 2.05) is 51.1 Å². The van der Waals surface area contributed by atoms with Gasteiger partial charge in [-0.15, -0.1) is 0 Å². The van der Waals surface area contributed by atoms with Crippen molar-refractivity contribution in [2.45, 2.75) is 58.3 Å². The van der Waals surface area contributed by atoms with E-state index in [1.165, 1.54) is 12.3 Å². The van der Waals surface area contributed by atoms with Crippen LogP contribution in [-0.4, -0.2) is 43.5 Å². The fourth-order valence-electron chi connectivity index (χ4n) is 4.54. The van der Waals surface area contributed by atoms with Gasteiger partial charge in [-0.1, -0.05) is 50.8 Å². The van der Waals surface area contributed by atoms with Crippen molar-refractivity contribution in [3.63, 3.8) is 0 Å². The van der Waals surface area contributed by atoms with E-state index in [-0.39, 0.29) is 24.3 Å². The maximum absolute atomic E-state index is 12.6. The van der Waals surface area contributed by atoms with Crippen molar-refractivity contribution in [2.75, 3.05) is 6.61 Å². The zero-order valence-corrected chi connectivity index (χ0v) is 22.4. The van der Waals surface area contributed by atoms with Gasteiger partial charge in [0.05, 0.1) is 41.5 Å². The lowest BCUT2D eigenvalue weighted by molar-refractivity contribution is -0.386. The molecule has 4 rings (SSSR count). The first-order chi connectivity index (χ1) is 19.0. The molecule has 1 fully saturated rings. The molecule has 0 aliphatic carbocycles. The van der Waals surface area contributed by atoms with Crippen LogP contribution in [0.15, 0.2) is 64.3 Å². The molecule has 4 atom stereocenters. The smallest absolute Gasteiger partial charge is 0.330 e. The summed E-state index contributed by atoms with van der Waals surface area (Å²) >= 11 is 0. The number of nitro groups is 1. The van der Waals surface area contributed by atoms with Crippen molar-refractivity contribution in [1.29, 1.82) is 0 Å². The Labute approximate surface area is 230 Å². The predicted molar refractivity (Wildman–Crippen MR) is 145 cm³/mol. The Balaban J connectivity index is 1.63. The summed E-state index contributed by atoms with van der Waals surface area (Å²) < 4.78 is 12.8. The summed E-state index contributed by atoms with van der Waals surface area (Å²) in [6, 6.07) is 14.0. The Morgan fingerprint density at radius 2 is 1.88 bits per heavy atom. The Bertz CT molecular complexity index is 1550. The van der Waals surface area contributed by atoms with Gasteiger partial charge in [0.1, 0.15) is 12.3 Å². The lowest BCUT2D eigenvalue weighted by Gasteiger charge is -2.31. The number of benzene rings is 2. The molecule has 0 amide bonds. The van der Waals surface area contributed by atoms with Crippen LogP contribution in [0.5, 0.6) is 0 Å². The lowest BCUT2D eigenvalue weighted by atomic mass is 9.83. The van der Waals surface area contributed by atoms with E-state index in [9.17, 15) is 29.9 Å². The lowest BCUT2D eigenvalue weighted by Crippen LogP contribution is -2.35. The Morgan fingerprint density at radius 3 is 2.50 bits per heavy atom. The molecule has 0 radical (unpaired) electrons. The minimum atomic E-state index is -0.972. The van der Waals surface area contributed by atoms with E-state index < -0.39 is 52.7 Å². The van der Waals surface area contributed by atoms with Crippen molar-refractivity contribution in [3.05, 3.63) is 108 Å². The number of aromatic amines is 1. The number of nitrogens with zero attached hydrogens (tertiary/aromatic N) is 2. The molecule has 1 aliphatic rings. The van der Waals surface area contributed by atoms with Crippen LogP contribution in [0, 0.1) is 27.4 Å². The fraction of sp³-hybridized carbons (Fsp3) is 0.379. The molecule has 3 N–H and O–H groups in total.